The van der Waals surface area contributed by atoms with Crippen LogP contribution in [0.5, 0.6) is 0 Å². The number of nitrogens with one attached hydrogen (secondary N) is 3. The Morgan fingerprint density at radius 2 is 2.00 bits per heavy atom. The molecule has 0 unspecified atom stereocenters. The van der Waals surface area contributed by atoms with E-state index in [1.54, 1.807) is 18.3 Å². The van der Waals surface area contributed by atoms with Crippen molar-refractivity contribution in [1.29, 1.82) is 0 Å². The van der Waals surface area contributed by atoms with Crippen molar-refractivity contribution in [3.8, 4) is 0 Å². The number of benzene rings is 2. The van der Waals surface area contributed by atoms with E-state index in [0.717, 1.165) is 24.1 Å². The predicted molar refractivity (Wildman–Crippen MR) is 123 cm³/mol. The summed E-state index contributed by atoms with van der Waals surface area (Å²) in [6.45, 7) is 1.63. The second kappa shape index (κ2) is 8.64. The van der Waals surface area contributed by atoms with Gasteiger partial charge >= 0.3 is 0 Å². The lowest BCUT2D eigenvalue weighted by molar-refractivity contribution is -0.118. The first-order valence-corrected chi connectivity index (χ1v) is 11.8. The zero-order valence-corrected chi connectivity index (χ0v) is 19.2. The van der Waals surface area contributed by atoms with Crippen LogP contribution in [0, 0.1) is 5.82 Å². The van der Waals surface area contributed by atoms with Crippen molar-refractivity contribution in [3.05, 3.63) is 58.5 Å². The van der Waals surface area contributed by atoms with Gasteiger partial charge in [0.25, 0.3) is 0 Å². The van der Waals surface area contributed by atoms with E-state index >= 15 is 0 Å². The first kappa shape index (κ1) is 23.0. The molecule has 0 aliphatic carbocycles. The van der Waals surface area contributed by atoms with Gasteiger partial charge in [0.2, 0.25) is 15.9 Å². The lowest BCUT2D eigenvalue weighted by Crippen LogP contribution is -2.41. The van der Waals surface area contributed by atoms with Crippen LogP contribution in [0.3, 0.4) is 0 Å². The molecule has 7 nitrogen and oxygen atoms in total. The van der Waals surface area contributed by atoms with Crippen LogP contribution >= 0.6 is 24.0 Å². The molecule has 170 valence electrons. The van der Waals surface area contributed by atoms with Crippen molar-refractivity contribution >= 4 is 56.5 Å². The minimum Gasteiger partial charge on any atom is -0.360 e. The van der Waals surface area contributed by atoms with E-state index in [9.17, 15) is 17.6 Å². The summed E-state index contributed by atoms with van der Waals surface area (Å²) < 4.78 is 42.9. The summed E-state index contributed by atoms with van der Waals surface area (Å²) in [5.41, 5.74) is 2.67. The molecule has 5 rings (SSSR count). The molecule has 1 amide bonds. The Bertz CT molecular complexity index is 1310. The van der Waals surface area contributed by atoms with Gasteiger partial charge in [-0.25, -0.2) is 12.8 Å². The SMILES string of the molecule is Cl.O=C1[C@@H](NS(=O)(=O)c2ccc3c(Cl)c[nH]c3c2)CCN1c1cc2c(cc1F)CNCC2. The predicted octanol–water partition coefficient (Wildman–Crippen LogP) is 3.11. The molecule has 3 aromatic rings. The molecule has 0 saturated carbocycles. The largest absolute Gasteiger partial charge is 0.360 e. The molecule has 1 fully saturated rings. The molecular weight excluding hydrogens is 478 g/mol. The smallest absolute Gasteiger partial charge is 0.245 e. The van der Waals surface area contributed by atoms with Gasteiger partial charge in [0.15, 0.2) is 0 Å². The summed E-state index contributed by atoms with van der Waals surface area (Å²) in [4.78, 5) is 17.2. The van der Waals surface area contributed by atoms with Crippen molar-refractivity contribution in [1.82, 2.24) is 15.0 Å². The van der Waals surface area contributed by atoms with Crippen molar-refractivity contribution in [2.75, 3.05) is 18.0 Å². The number of aromatic nitrogens is 1. The zero-order chi connectivity index (χ0) is 21.8. The van der Waals surface area contributed by atoms with Crippen LogP contribution in [0.2, 0.25) is 5.02 Å². The fourth-order valence-electron chi connectivity index (χ4n) is 4.22. The van der Waals surface area contributed by atoms with Gasteiger partial charge in [0.05, 0.1) is 15.6 Å². The number of sulfonamides is 1. The second-order valence-corrected chi connectivity index (χ2v) is 9.92. The average molecular weight is 499 g/mol. The van der Waals surface area contributed by atoms with E-state index in [4.69, 9.17) is 11.6 Å². The van der Waals surface area contributed by atoms with Gasteiger partial charge in [-0.1, -0.05) is 11.6 Å². The highest BCUT2D eigenvalue weighted by Gasteiger charge is 2.37. The number of anilines is 1. The molecule has 2 aromatic carbocycles. The fourth-order valence-corrected chi connectivity index (χ4v) is 5.69. The molecule has 11 heteroatoms. The molecule has 0 bridgehead atoms. The number of amides is 1. The molecule has 2 aliphatic rings. The van der Waals surface area contributed by atoms with E-state index in [2.05, 4.69) is 15.0 Å². The third-order valence-electron chi connectivity index (χ3n) is 5.86. The lowest BCUT2D eigenvalue weighted by atomic mass is 9.99. The molecule has 3 N–H and O–H groups in total. The summed E-state index contributed by atoms with van der Waals surface area (Å²) in [5, 5.41) is 4.40. The van der Waals surface area contributed by atoms with Crippen LogP contribution in [0.4, 0.5) is 10.1 Å². The molecule has 1 aromatic heterocycles. The maximum absolute atomic E-state index is 14.7. The fraction of sp³-hybridized carbons (Fsp3) is 0.286. The van der Waals surface area contributed by atoms with E-state index in [0.29, 0.717) is 22.5 Å². The van der Waals surface area contributed by atoms with E-state index < -0.39 is 27.8 Å². The van der Waals surface area contributed by atoms with Gasteiger partial charge in [-0.3, -0.25) is 4.79 Å². The normalized spacial score (nSPS) is 18.6. The molecule has 32 heavy (non-hydrogen) atoms. The van der Waals surface area contributed by atoms with Gasteiger partial charge < -0.3 is 15.2 Å². The minimum absolute atomic E-state index is 0. The Hall–Kier alpha value is -2.17. The van der Waals surface area contributed by atoms with Gasteiger partial charge in [-0.05, 0) is 60.8 Å². The summed E-state index contributed by atoms with van der Waals surface area (Å²) >= 11 is 6.05. The van der Waals surface area contributed by atoms with Crippen LogP contribution in [0.1, 0.15) is 17.5 Å². The van der Waals surface area contributed by atoms with Gasteiger partial charge in [-0.2, -0.15) is 4.72 Å². The first-order valence-electron chi connectivity index (χ1n) is 9.96. The van der Waals surface area contributed by atoms with E-state index in [1.807, 2.05) is 0 Å². The second-order valence-electron chi connectivity index (χ2n) is 7.80. The number of hydrogen-bond acceptors (Lipinski definition) is 4. The lowest BCUT2D eigenvalue weighted by Gasteiger charge is -2.23. The first-order chi connectivity index (χ1) is 14.8. The van der Waals surface area contributed by atoms with Gasteiger partial charge in [0.1, 0.15) is 11.9 Å². The zero-order valence-electron chi connectivity index (χ0n) is 16.8. The van der Waals surface area contributed by atoms with Crippen LogP contribution in [0.25, 0.3) is 10.9 Å². The monoisotopic (exact) mass is 498 g/mol. The van der Waals surface area contributed by atoms with Crippen LogP contribution in [-0.2, 0) is 27.8 Å². The number of rotatable bonds is 4. The standard InChI is InChI=1S/C21H20ClFN4O3S.ClH/c22-16-11-25-19-9-14(1-2-15(16)19)31(29,30)26-18-4-6-27(21(18)28)20-8-12-3-5-24-10-13(12)7-17(20)23;/h1-2,7-9,11,18,24-26H,3-6,10H2;1H/t18-;/m0./s1. The number of aromatic amines is 1. The highest BCUT2D eigenvalue weighted by Crippen LogP contribution is 2.30. The number of H-pyrrole nitrogens is 1. The Kier molecular flexibility index (Phi) is 6.21. The number of carbonyl (C=O) groups is 1. The Labute approximate surface area is 195 Å². The third-order valence-corrected chi connectivity index (χ3v) is 7.64. The molecule has 2 aliphatic heterocycles. The van der Waals surface area contributed by atoms with Crippen molar-refractivity contribution in [3.63, 3.8) is 0 Å². The highest BCUT2D eigenvalue weighted by molar-refractivity contribution is 7.89. The minimum atomic E-state index is -3.95. The number of carbonyl (C=O) groups excluding carboxylic acids is 1. The number of nitrogens with zero attached hydrogens (tertiary/aromatic N) is 1. The van der Waals surface area contributed by atoms with Crippen molar-refractivity contribution in [2.24, 2.45) is 0 Å². The van der Waals surface area contributed by atoms with E-state index in [1.165, 1.54) is 23.1 Å². The Morgan fingerprint density at radius 1 is 1.19 bits per heavy atom. The number of fused-ring (bicyclic) bond motifs is 2. The molecule has 0 radical (unpaired) electrons. The molecular formula is C21H21Cl2FN4O3S. The quantitative estimate of drug-likeness (QED) is 0.515. The molecule has 3 heterocycles. The average Bonchev–Trinajstić information content (AvgIpc) is 3.30. The van der Waals surface area contributed by atoms with Gasteiger partial charge in [-0.15, -0.1) is 12.4 Å². The van der Waals surface area contributed by atoms with Crippen LogP contribution in [0.15, 0.2) is 41.4 Å². The maximum Gasteiger partial charge on any atom is 0.245 e. The maximum atomic E-state index is 14.7. The van der Waals surface area contributed by atoms with Crippen LogP contribution < -0.4 is 14.9 Å². The van der Waals surface area contributed by atoms with Crippen molar-refractivity contribution < 1.29 is 17.6 Å². The topological polar surface area (TPSA) is 94.3 Å². The number of hydrogen-bond donors (Lipinski definition) is 3. The summed E-state index contributed by atoms with van der Waals surface area (Å²) in [5.74, 6) is -0.936. The van der Waals surface area contributed by atoms with E-state index in [-0.39, 0.29) is 36.0 Å². The third kappa shape index (κ3) is 3.99. The van der Waals surface area contributed by atoms with Crippen LogP contribution in [-0.4, -0.2) is 38.4 Å². The molecule has 0 spiro atoms. The summed E-state index contributed by atoms with van der Waals surface area (Å²) in [6, 6.07) is 6.74. The molecule has 1 saturated heterocycles. The molecule has 1 atom stereocenters. The Balaban J connectivity index is 0.00000245. The summed E-state index contributed by atoms with van der Waals surface area (Å²) in [7, 11) is -3.95. The Morgan fingerprint density at radius 3 is 2.81 bits per heavy atom. The summed E-state index contributed by atoms with van der Waals surface area (Å²) in [6.07, 6.45) is 2.59. The van der Waals surface area contributed by atoms with Gasteiger partial charge in [0, 0.05) is 30.2 Å². The highest BCUT2D eigenvalue weighted by atomic mass is 35.5. The number of halogens is 3. The van der Waals surface area contributed by atoms with Crippen molar-refractivity contribution in [2.45, 2.75) is 30.3 Å².